The van der Waals surface area contributed by atoms with Crippen LogP contribution >= 0.6 is 34.5 Å². The normalized spacial score (nSPS) is 12.8. The highest BCUT2D eigenvalue weighted by atomic mass is 35.5. The fraction of sp³-hybridized carbons (Fsp3) is 0.0667. The molecule has 0 saturated heterocycles. The summed E-state index contributed by atoms with van der Waals surface area (Å²) in [5.41, 5.74) is 0.586. The van der Waals surface area contributed by atoms with Crippen LogP contribution in [0.15, 0.2) is 42.5 Å². The van der Waals surface area contributed by atoms with Crippen molar-refractivity contribution in [2.24, 2.45) is 0 Å². The number of hydrogen-bond acceptors (Lipinski definition) is 2. The Morgan fingerprint density at radius 2 is 1.85 bits per heavy atom. The smallest absolute Gasteiger partial charge is 0.124 e. The number of hydrogen-bond donors (Lipinski definition) is 1. The van der Waals surface area contributed by atoms with Gasteiger partial charge in [-0.15, -0.1) is 11.3 Å². The highest BCUT2D eigenvalue weighted by molar-refractivity contribution is 7.19. The van der Waals surface area contributed by atoms with E-state index in [9.17, 15) is 9.50 Å². The second-order valence-electron chi connectivity index (χ2n) is 4.40. The minimum atomic E-state index is -0.847. The van der Waals surface area contributed by atoms with Crippen LogP contribution in [0.4, 0.5) is 4.39 Å². The number of thiophene rings is 1. The second kappa shape index (κ2) is 5.34. The molecule has 3 rings (SSSR count). The van der Waals surface area contributed by atoms with E-state index in [2.05, 4.69) is 0 Å². The third-order valence-electron chi connectivity index (χ3n) is 3.03. The fourth-order valence-corrected chi connectivity index (χ4v) is 3.64. The summed E-state index contributed by atoms with van der Waals surface area (Å²) in [6.45, 7) is 0. The molecule has 0 aliphatic rings. The van der Waals surface area contributed by atoms with Crippen molar-refractivity contribution in [3.63, 3.8) is 0 Å². The van der Waals surface area contributed by atoms with E-state index >= 15 is 0 Å². The zero-order valence-corrected chi connectivity index (χ0v) is 12.4. The first-order chi connectivity index (χ1) is 9.54. The van der Waals surface area contributed by atoms with Gasteiger partial charge in [-0.1, -0.05) is 35.3 Å². The van der Waals surface area contributed by atoms with E-state index in [1.54, 1.807) is 24.3 Å². The van der Waals surface area contributed by atoms with Gasteiger partial charge in [0, 0.05) is 25.2 Å². The van der Waals surface area contributed by atoms with Gasteiger partial charge in [0.05, 0.1) is 0 Å². The SMILES string of the molecule is OC(c1cc2ccc(F)cc2s1)c1ccc(Cl)cc1Cl. The lowest BCUT2D eigenvalue weighted by Crippen LogP contribution is -1.97. The van der Waals surface area contributed by atoms with Gasteiger partial charge in [-0.05, 0) is 35.7 Å². The summed E-state index contributed by atoms with van der Waals surface area (Å²) in [7, 11) is 0. The molecule has 3 aromatic rings. The third-order valence-corrected chi connectivity index (χ3v) is 4.74. The summed E-state index contributed by atoms with van der Waals surface area (Å²) in [4.78, 5) is 0.717. The molecule has 1 heterocycles. The van der Waals surface area contributed by atoms with Gasteiger partial charge < -0.3 is 5.11 Å². The van der Waals surface area contributed by atoms with Crippen molar-refractivity contribution >= 4 is 44.6 Å². The number of aliphatic hydroxyl groups excluding tert-OH is 1. The molecule has 0 radical (unpaired) electrons. The van der Waals surface area contributed by atoms with Crippen molar-refractivity contribution in [2.45, 2.75) is 6.10 Å². The largest absolute Gasteiger partial charge is 0.383 e. The topological polar surface area (TPSA) is 20.2 Å². The highest BCUT2D eigenvalue weighted by Crippen LogP contribution is 2.36. The molecule has 0 aliphatic carbocycles. The lowest BCUT2D eigenvalue weighted by atomic mass is 10.1. The van der Waals surface area contributed by atoms with Gasteiger partial charge in [-0.2, -0.15) is 0 Å². The summed E-state index contributed by atoms with van der Waals surface area (Å²) in [6, 6.07) is 11.4. The Morgan fingerprint density at radius 3 is 2.60 bits per heavy atom. The molecule has 0 amide bonds. The molecular formula is C15H9Cl2FOS. The lowest BCUT2D eigenvalue weighted by molar-refractivity contribution is 0.224. The maximum Gasteiger partial charge on any atom is 0.124 e. The predicted molar refractivity (Wildman–Crippen MR) is 82.3 cm³/mol. The number of benzene rings is 2. The summed E-state index contributed by atoms with van der Waals surface area (Å²) >= 11 is 13.3. The fourth-order valence-electron chi connectivity index (χ4n) is 2.04. The standard InChI is InChI=1S/C15H9Cl2FOS/c16-9-2-4-11(12(17)6-9)15(19)14-5-8-1-3-10(18)7-13(8)20-14/h1-7,15,19H. The average Bonchev–Trinajstić information content (AvgIpc) is 2.81. The molecule has 1 atom stereocenters. The molecule has 1 unspecified atom stereocenters. The van der Waals surface area contributed by atoms with Gasteiger partial charge >= 0.3 is 0 Å². The maximum absolute atomic E-state index is 13.2. The van der Waals surface area contributed by atoms with E-state index < -0.39 is 6.10 Å². The van der Waals surface area contributed by atoms with Crippen LogP contribution in [0.25, 0.3) is 10.1 Å². The number of fused-ring (bicyclic) bond motifs is 1. The van der Waals surface area contributed by atoms with Gasteiger partial charge in [0.25, 0.3) is 0 Å². The van der Waals surface area contributed by atoms with Crippen molar-refractivity contribution in [1.29, 1.82) is 0 Å². The van der Waals surface area contributed by atoms with Gasteiger partial charge in [-0.3, -0.25) is 0 Å². The monoisotopic (exact) mass is 326 g/mol. The Morgan fingerprint density at radius 1 is 1.05 bits per heavy atom. The Balaban J connectivity index is 2.05. The van der Waals surface area contributed by atoms with Gasteiger partial charge in [0.15, 0.2) is 0 Å². The number of rotatable bonds is 2. The van der Waals surface area contributed by atoms with Crippen LogP contribution in [0, 0.1) is 5.82 Å². The van der Waals surface area contributed by atoms with Gasteiger partial charge in [-0.25, -0.2) is 4.39 Å². The third kappa shape index (κ3) is 2.54. The van der Waals surface area contributed by atoms with E-state index in [0.717, 1.165) is 15.0 Å². The van der Waals surface area contributed by atoms with Crippen LogP contribution < -0.4 is 0 Å². The van der Waals surface area contributed by atoms with Crippen molar-refractivity contribution in [3.05, 3.63) is 68.8 Å². The van der Waals surface area contributed by atoms with E-state index in [1.807, 2.05) is 6.07 Å². The highest BCUT2D eigenvalue weighted by Gasteiger charge is 2.17. The molecule has 0 bridgehead atoms. The Labute approximate surface area is 129 Å². The molecule has 2 aromatic carbocycles. The first kappa shape index (κ1) is 13.8. The quantitative estimate of drug-likeness (QED) is 0.665. The molecule has 0 fully saturated rings. The second-order valence-corrected chi connectivity index (χ2v) is 6.36. The molecule has 1 nitrogen and oxygen atoms in total. The van der Waals surface area contributed by atoms with Crippen molar-refractivity contribution in [1.82, 2.24) is 0 Å². The molecule has 1 N–H and O–H groups in total. The van der Waals surface area contributed by atoms with Crippen LogP contribution in [-0.2, 0) is 0 Å². The van der Waals surface area contributed by atoms with Crippen LogP contribution in [0.2, 0.25) is 10.0 Å². The first-order valence-corrected chi connectivity index (χ1v) is 7.44. The molecule has 102 valence electrons. The van der Waals surface area contributed by atoms with Crippen LogP contribution in [0.3, 0.4) is 0 Å². The summed E-state index contributed by atoms with van der Waals surface area (Å²) in [5.74, 6) is -0.287. The molecule has 20 heavy (non-hydrogen) atoms. The summed E-state index contributed by atoms with van der Waals surface area (Å²) in [6.07, 6.45) is -0.847. The van der Waals surface area contributed by atoms with Crippen molar-refractivity contribution in [3.8, 4) is 0 Å². The average molecular weight is 327 g/mol. The minimum absolute atomic E-state index is 0.287. The summed E-state index contributed by atoms with van der Waals surface area (Å²) < 4.78 is 14.0. The molecule has 0 spiro atoms. The number of aliphatic hydroxyl groups is 1. The van der Waals surface area contributed by atoms with Gasteiger partial charge in [0.1, 0.15) is 11.9 Å². The molecule has 0 saturated carbocycles. The molecular weight excluding hydrogens is 318 g/mol. The van der Waals surface area contributed by atoms with E-state index in [-0.39, 0.29) is 5.82 Å². The van der Waals surface area contributed by atoms with Gasteiger partial charge in [0.2, 0.25) is 0 Å². The van der Waals surface area contributed by atoms with E-state index in [4.69, 9.17) is 23.2 Å². The molecule has 1 aromatic heterocycles. The Hall–Kier alpha value is -1.13. The van der Waals surface area contributed by atoms with Crippen LogP contribution in [-0.4, -0.2) is 5.11 Å². The first-order valence-electron chi connectivity index (χ1n) is 5.86. The van der Waals surface area contributed by atoms with Crippen molar-refractivity contribution in [2.75, 3.05) is 0 Å². The summed E-state index contributed by atoms with van der Waals surface area (Å²) in [5, 5.41) is 12.3. The van der Waals surface area contributed by atoms with Crippen molar-refractivity contribution < 1.29 is 9.50 Å². The Kier molecular flexibility index (Phi) is 3.69. The van der Waals surface area contributed by atoms with Crippen LogP contribution in [0.5, 0.6) is 0 Å². The zero-order chi connectivity index (χ0) is 14.3. The van der Waals surface area contributed by atoms with E-state index in [0.29, 0.717) is 15.6 Å². The Bertz CT molecular complexity index is 785. The minimum Gasteiger partial charge on any atom is -0.383 e. The molecule has 0 aliphatic heterocycles. The predicted octanol–water partition coefficient (Wildman–Crippen LogP) is 5.43. The van der Waals surface area contributed by atoms with E-state index in [1.165, 1.54) is 23.5 Å². The zero-order valence-electron chi connectivity index (χ0n) is 10.1. The van der Waals surface area contributed by atoms with Crippen LogP contribution in [0.1, 0.15) is 16.5 Å². The lowest BCUT2D eigenvalue weighted by Gasteiger charge is -2.10. The molecule has 5 heteroatoms. The maximum atomic E-state index is 13.2. The number of halogens is 3.